The van der Waals surface area contributed by atoms with Gasteiger partial charge in [-0.2, -0.15) is 5.26 Å². The summed E-state index contributed by atoms with van der Waals surface area (Å²) < 4.78 is 0.968. The van der Waals surface area contributed by atoms with Crippen LogP contribution in [-0.4, -0.2) is 9.97 Å². The van der Waals surface area contributed by atoms with Crippen molar-refractivity contribution in [1.82, 2.24) is 9.97 Å². The number of H-pyrrole nitrogens is 1. The van der Waals surface area contributed by atoms with Crippen molar-refractivity contribution in [2.45, 2.75) is 6.92 Å². The largest absolute Gasteiger partial charge is 0.361 e. The zero-order valence-corrected chi connectivity index (χ0v) is 12.9. The fourth-order valence-electron chi connectivity index (χ4n) is 2.06. The molecule has 0 fully saturated rings. The van der Waals surface area contributed by atoms with Gasteiger partial charge in [0.1, 0.15) is 6.07 Å². The molecule has 0 atom stereocenters. The number of pyridine rings is 1. The smallest absolute Gasteiger partial charge is 0.103 e. The van der Waals surface area contributed by atoms with Crippen LogP contribution in [0, 0.1) is 21.8 Å². The van der Waals surface area contributed by atoms with Crippen LogP contribution in [0.1, 0.15) is 11.3 Å². The summed E-state index contributed by atoms with van der Waals surface area (Å²) in [5, 5.41) is 13.7. The van der Waals surface area contributed by atoms with Crippen LogP contribution in [-0.2, 0) is 0 Å². The van der Waals surface area contributed by atoms with Crippen molar-refractivity contribution >= 4 is 44.9 Å². The predicted octanol–water partition coefficient (Wildman–Crippen LogP) is 4.09. The number of fused-ring (bicyclic) bond motifs is 1. The average Bonchev–Trinajstić information content (AvgIpc) is 2.92. The number of rotatable bonds is 2. The highest BCUT2D eigenvalue weighted by Gasteiger charge is 2.10. The summed E-state index contributed by atoms with van der Waals surface area (Å²) in [7, 11) is 0. The highest BCUT2D eigenvalue weighted by molar-refractivity contribution is 14.1. The molecule has 2 aromatic heterocycles. The van der Waals surface area contributed by atoms with E-state index in [2.05, 4.69) is 50.0 Å². The van der Waals surface area contributed by atoms with Crippen LogP contribution in [0.5, 0.6) is 0 Å². The molecule has 0 aliphatic rings. The molecule has 0 aliphatic heterocycles. The zero-order valence-electron chi connectivity index (χ0n) is 10.7. The molecule has 0 bridgehead atoms. The lowest BCUT2D eigenvalue weighted by Crippen LogP contribution is -2.00. The second kappa shape index (κ2) is 5.13. The monoisotopic (exact) mass is 374 g/mol. The van der Waals surface area contributed by atoms with E-state index in [0.29, 0.717) is 5.56 Å². The van der Waals surface area contributed by atoms with Crippen LogP contribution >= 0.6 is 22.6 Å². The Kier molecular flexibility index (Phi) is 3.32. The van der Waals surface area contributed by atoms with E-state index in [1.165, 1.54) is 0 Å². The first kappa shape index (κ1) is 12.9. The van der Waals surface area contributed by atoms with Crippen LogP contribution in [0.4, 0.5) is 11.4 Å². The Hall–Kier alpha value is -2.07. The second-order valence-corrected chi connectivity index (χ2v) is 5.54. The molecule has 2 N–H and O–H groups in total. The van der Waals surface area contributed by atoms with E-state index in [4.69, 9.17) is 0 Å². The lowest BCUT2D eigenvalue weighted by atomic mass is 10.2. The number of halogens is 1. The highest BCUT2D eigenvalue weighted by Crippen LogP contribution is 2.29. The van der Waals surface area contributed by atoms with Crippen molar-refractivity contribution < 1.29 is 0 Å². The quantitative estimate of drug-likeness (QED) is 0.664. The Morgan fingerprint density at radius 3 is 3.00 bits per heavy atom. The van der Waals surface area contributed by atoms with Gasteiger partial charge in [-0.15, -0.1) is 0 Å². The van der Waals surface area contributed by atoms with Gasteiger partial charge in [0.2, 0.25) is 0 Å². The molecular weight excluding hydrogens is 363 g/mol. The minimum Gasteiger partial charge on any atom is -0.361 e. The topological polar surface area (TPSA) is 64.5 Å². The van der Waals surface area contributed by atoms with Gasteiger partial charge in [-0.3, -0.25) is 4.98 Å². The number of nitrogens with zero attached hydrogens (tertiary/aromatic N) is 2. The number of aryl methyl sites for hydroxylation is 1. The van der Waals surface area contributed by atoms with Crippen LogP contribution in [0.15, 0.2) is 36.7 Å². The number of hydrogen-bond acceptors (Lipinski definition) is 3. The molecule has 3 aromatic rings. The molecule has 5 heteroatoms. The summed E-state index contributed by atoms with van der Waals surface area (Å²) in [4.78, 5) is 7.38. The van der Waals surface area contributed by atoms with Crippen LogP contribution in [0.2, 0.25) is 0 Å². The van der Waals surface area contributed by atoms with Gasteiger partial charge in [0.15, 0.2) is 0 Å². The number of anilines is 2. The third-order valence-electron chi connectivity index (χ3n) is 3.14. The van der Waals surface area contributed by atoms with Crippen LogP contribution in [0.3, 0.4) is 0 Å². The molecule has 0 spiro atoms. The van der Waals surface area contributed by atoms with Crippen molar-refractivity contribution in [2.24, 2.45) is 0 Å². The van der Waals surface area contributed by atoms with Gasteiger partial charge in [-0.05, 0) is 53.8 Å². The standard InChI is InChI=1S/C15H11IN4/c1-9-14(16)15(11(7-17)8-19-9)20-12-2-3-13-10(6-12)4-5-18-13/h2-6,8,18H,1H3,(H,19,20). The van der Waals surface area contributed by atoms with Crippen molar-refractivity contribution in [3.63, 3.8) is 0 Å². The number of hydrogen-bond donors (Lipinski definition) is 2. The Morgan fingerprint density at radius 1 is 1.35 bits per heavy atom. The molecule has 3 rings (SSSR count). The summed E-state index contributed by atoms with van der Waals surface area (Å²) in [5.74, 6) is 0. The maximum Gasteiger partial charge on any atom is 0.103 e. The molecule has 0 radical (unpaired) electrons. The first-order valence-corrected chi connectivity index (χ1v) is 7.16. The first-order valence-electron chi connectivity index (χ1n) is 6.08. The summed E-state index contributed by atoms with van der Waals surface area (Å²) in [6, 6.07) is 10.3. The van der Waals surface area contributed by atoms with Gasteiger partial charge in [0.05, 0.1) is 20.5 Å². The molecule has 98 valence electrons. The molecule has 4 nitrogen and oxygen atoms in total. The molecule has 2 heterocycles. The molecule has 0 aliphatic carbocycles. The molecule has 20 heavy (non-hydrogen) atoms. The Morgan fingerprint density at radius 2 is 2.20 bits per heavy atom. The van der Waals surface area contributed by atoms with Crippen LogP contribution in [0.25, 0.3) is 10.9 Å². The van der Waals surface area contributed by atoms with Gasteiger partial charge >= 0.3 is 0 Å². The number of nitriles is 1. The van der Waals surface area contributed by atoms with E-state index in [1.54, 1.807) is 6.20 Å². The van der Waals surface area contributed by atoms with Gasteiger partial charge in [-0.1, -0.05) is 0 Å². The number of aromatic nitrogens is 2. The van der Waals surface area contributed by atoms with Crippen molar-refractivity contribution in [3.05, 3.63) is 51.5 Å². The van der Waals surface area contributed by atoms with Gasteiger partial charge in [0, 0.05) is 29.0 Å². The van der Waals surface area contributed by atoms with E-state index < -0.39 is 0 Å². The molecule has 1 aromatic carbocycles. The van der Waals surface area contributed by atoms with Crippen LogP contribution < -0.4 is 5.32 Å². The molecule has 0 saturated heterocycles. The van der Waals surface area contributed by atoms with E-state index >= 15 is 0 Å². The number of aromatic amines is 1. The normalized spacial score (nSPS) is 10.4. The Labute approximate surface area is 130 Å². The molecule has 0 unspecified atom stereocenters. The van der Waals surface area contributed by atoms with Crippen molar-refractivity contribution in [1.29, 1.82) is 5.26 Å². The molecule has 0 saturated carbocycles. The fourth-order valence-corrected chi connectivity index (χ4v) is 2.63. The second-order valence-electron chi connectivity index (χ2n) is 4.46. The predicted molar refractivity (Wildman–Crippen MR) is 88.0 cm³/mol. The van der Waals surface area contributed by atoms with E-state index in [0.717, 1.165) is 31.5 Å². The SMILES string of the molecule is Cc1ncc(C#N)c(Nc2ccc3[nH]ccc3c2)c1I. The van der Waals surface area contributed by atoms with Crippen molar-refractivity contribution in [2.75, 3.05) is 5.32 Å². The third-order valence-corrected chi connectivity index (χ3v) is 4.46. The summed E-state index contributed by atoms with van der Waals surface area (Å²) >= 11 is 2.22. The summed E-state index contributed by atoms with van der Waals surface area (Å²) in [5.41, 5.74) is 4.33. The van der Waals surface area contributed by atoms with Gasteiger partial charge < -0.3 is 10.3 Å². The first-order chi connectivity index (χ1) is 9.69. The van der Waals surface area contributed by atoms with E-state index in [-0.39, 0.29) is 0 Å². The van der Waals surface area contributed by atoms with Gasteiger partial charge in [-0.25, -0.2) is 0 Å². The minimum absolute atomic E-state index is 0.550. The Bertz CT molecular complexity index is 829. The fraction of sp³-hybridized carbons (Fsp3) is 0.0667. The van der Waals surface area contributed by atoms with E-state index in [1.807, 2.05) is 31.3 Å². The average molecular weight is 374 g/mol. The minimum atomic E-state index is 0.550. The maximum atomic E-state index is 9.21. The van der Waals surface area contributed by atoms with Crippen molar-refractivity contribution in [3.8, 4) is 6.07 Å². The lowest BCUT2D eigenvalue weighted by molar-refractivity contribution is 1.17. The zero-order chi connectivity index (χ0) is 14.1. The maximum absolute atomic E-state index is 9.21. The number of benzene rings is 1. The van der Waals surface area contributed by atoms with Gasteiger partial charge in [0.25, 0.3) is 0 Å². The molecule has 0 amide bonds. The van der Waals surface area contributed by atoms with E-state index in [9.17, 15) is 5.26 Å². The summed E-state index contributed by atoms with van der Waals surface area (Å²) in [6.07, 6.45) is 3.52. The molecular formula is C15H11IN4. The third kappa shape index (κ3) is 2.23. The lowest BCUT2D eigenvalue weighted by Gasteiger charge is -2.12. The summed E-state index contributed by atoms with van der Waals surface area (Å²) in [6.45, 7) is 1.93. The number of nitrogens with one attached hydrogen (secondary N) is 2. The Balaban J connectivity index is 2.06. The highest BCUT2D eigenvalue weighted by atomic mass is 127.